The van der Waals surface area contributed by atoms with Gasteiger partial charge in [0.1, 0.15) is 0 Å². The molecule has 0 aromatic carbocycles. The minimum absolute atomic E-state index is 0. The topological polar surface area (TPSA) is 0 Å². The van der Waals surface area contributed by atoms with Crippen LogP contribution in [0.2, 0.25) is 0 Å². The van der Waals surface area contributed by atoms with E-state index in [0.717, 1.165) is 12.8 Å². The second-order valence-corrected chi connectivity index (χ2v) is 3.09. The molecule has 0 unspecified atom stereocenters. The van der Waals surface area contributed by atoms with E-state index in [2.05, 4.69) is 39.5 Å². The maximum Gasteiger partial charge on any atom is 0.00885 e. The van der Waals surface area contributed by atoms with Gasteiger partial charge in [-0.25, -0.2) is 0 Å². The van der Waals surface area contributed by atoms with Crippen molar-refractivity contribution < 1.29 is 32.7 Å². The van der Waals surface area contributed by atoms with Crippen LogP contribution in [0.25, 0.3) is 0 Å². The molecule has 0 heterocycles. The number of unbranched alkanes of at least 4 members (excludes halogenated alkanes) is 5. The van der Waals surface area contributed by atoms with E-state index >= 15 is 0 Å². The first-order valence-corrected chi connectivity index (χ1v) is 6.22. The molecular formula is C21H54Y-2. The molecule has 0 nitrogen and oxygen atoms in total. The van der Waals surface area contributed by atoms with Crippen LogP contribution < -0.4 is 0 Å². The van der Waals surface area contributed by atoms with Crippen molar-refractivity contribution in [3.63, 3.8) is 0 Å². The van der Waals surface area contributed by atoms with E-state index < -0.39 is 0 Å². The van der Waals surface area contributed by atoms with Crippen molar-refractivity contribution in [1.29, 1.82) is 0 Å². The summed E-state index contributed by atoms with van der Waals surface area (Å²) >= 11 is 0. The van der Waals surface area contributed by atoms with E-state index in [9.17, 15) is 0 Å². The van der Waals surface area contributed by atoms with Crippen molar-refractivity contribution in [3.8, 4) is 11.8 Å². The van der Waals surface area contributed by atoms with Crippen molar-refractivity contribution in [1.82, 2.24) is 0 Å². The van der Waals surface area contributed by atoms with Gasteiger partial charge in [-0.2, -0.15) is 13.3 Å². The Hall–Kier alpha value is 0.664. The molecule has 0 aliphatic heterocycles. The first-order chi connectivity index (χ1) is 7.33. The smallest absolute Gasteiger partial charge is 0.00885 e. The Bertz CT molecular complexity index is 118. The molecule has 1 radical (unpaired) electrons. The van der Waals surface area contributed by atoms with Crippen molar-refractivity contribution >= 4 is 0 Å². The number of hydrogen-bond acceptors (Lipinski definition) is 0. The van der Waals surface area contributed by atoms with Gasteiger partial charge in [-0.3, -0.25) is 0 Å². The molecule has 0 aliphatic rings. The van der Waals surface area contributed by atoms with Crippen molar-refractivity contribution in [2.45, 2.75) is 117 Å². The third-order valence-electron chi connectivity index (χ3n) is 1.69. The molecule has 22 heavy (non-hydrogen) atoms. The molecule has 0 aliphatic carbocycles. The van der Waals surface area contributed by atoms with Crippen molar-refractivity contribution in [3.05, 3.63) is 13.8 Å². The fourth-order valence-electron chi connectivity index (χ4n) is 0.838. The Balaban J connectivity index is -0.0000000118. The van der Waals surface area contributed by atoms with Gasteiger partial charge in [-0.1, -0.05) is 84.1 Å². The molecule has 0 aromatic heterocycles. The van der Waals surface area contributed by atoms with Gasteiger partial charge in [-0.05, 0) is 13.3 Å². The third kappa shape index (κ3) is 136. The minimum Gasteiger partial charge on any atom is -0.346 e. The standard InChI is InChI=1S/C8H14.C5H11.C2H5.6CH4.Y/c1-3-5-7-8-6-4-2;1-3-5-4-2;1-2;;;;;;;/h3,5,7-8H2,1-2H3;1,3-5H2,2H3;1H2,2H3;6*1H4;/q;2*-1;;;;;;;. The van der Waals surface area contributed by atoms with E-state index in [4.69, 9.17) is 0 Å². The quantitative estimate of drug-likeness (QED) is 0.247. The summed E-state index contributed by atoms with van der Waals surface area (Å²) in [5.74, 6) is 5.91. The van der Waals surface area contributed by atoms with Gasteiger partial charge in [0.25, 0.3) is 0 Å². The molecule has 0 atom stereocenters. The molecule has 0 fully saturated rings. The summed E-state index contributed by atoms with van der Waals surface area (Å²) in [7, 11) is 0. The monoisotopic (exact) mass is 395 g/mol. The molecular weight excluding hydrogens is 341 g/mol. The van der Waals surface area contributed by atoms with Gasteiger partial charge in [0, 0.05) is 39.1 Å². The maximum atomic E-state index is 3.68. The van der Waals surface area contributed by atoms with Gasteiger partial charge in [0.2, 0.25) is 0 Å². The van der Waals surface area contributed by atoms with Crippen LogP contribution in [0.15, 0.2) is 0 Å². The first kappa shape index (κ1) is 66.3. The van der Waals surface area contributed by atoms with E-state index in [1.807, 2.05) is 6.92 Å². The summed E-state index contributed by atoms with van der Waals surface area (Å²) < 4.78 is 0. The van der Waals surface area contributed by atoms with Gasteiger partial charge in [0.15, 0.2) is 0 Å². The summed E-state index contributed by atoms with van der Waals surface area (Å²) in [5.41, 5.74) is 0. The van der Waals surface area contributed by atoms with Gasteiger partial charge in [-0.15, -0.1) is 11.8 Å². The van der Waals surface area contributed by atoms with Crippen LogP contribution in [0.1, 0.15) is 117 Å². The molecule has 0 amide bonds. The minimum atomic E-state index is 0. The average Bonchev–Trinajstić information content (AvgIpc) is 2.29. The van der Waals surface area contributed by atoms with Crippen LogP contribution in [-0.4, -0.2) is 0 Å². The summed E-state index contributed by atoms with van der Waals surface area (Å²) in [5, 5.41) is 0. The Morgan fingerprint density at radius 1 is 0.727 bits per heavy atom. The van der Waals surface area contributed by atoms with Crippen LogP contribution >= 0.6 is 0 Å². The SMILES string of the molecule is C.C.C.C.C.C.CC#CCCCCC.[CH2-]C.[CH2-]CCCC.[Y]. The van der Waals surface area contributed by atoms with Crippen molar-refractivity contribution in [2.75, 3.05) is 0 Å². The average molecular weight is 396 g/mol. The van der Waals surface area contributed by atoms with Crippen LogP contribution in [0, 0.1) is 25.7 Å². The van der Waals surface area contributed by atoms with E-state index in [1.54, 1.807) is 6.92 Å². The van der Waals surface area contributed by atoms with Crippen LogP contribution in [0.4, 0.5) is 0 Å². The number of rotatable bonds is 5. The molecule has 0 rings (SSSR count). The molecule has 0 saturated carbocycles. The molecule has 0 spiro atoms. The fourth-order valence-corrected chi connectivity index (χ4v) is 0.838. The van der Waals surface area contributed by atoms with E-state index in [-0.39, 0.29) is 77.3 Å². The Labute approximate surface area is 174 Å². The summed E-state index contributed by atoms with van der Waals surface area (Å²) in [4.78, 5) is 0. The zero-order valence-electron chi connectivity index (χ0n) is 11.9. The Kier molecular flexibility index (Phi) is 299. The van der Waals surface area contributed by atoms with E-state index in [1.165, 1.54) is 32.1 Å². The Morgan fingerprint density at radius 2 is 1.09 bits per heavy atom. The van der Waals surface area contributed by atoms with Crippen LogP contribution in [-0.2, 0) is 32.7 Å². The van der Waals surface area contributed by atoms with Gasteiger partial charge >= 0.3 is 0 Å². The molecule has 1 heteroatoms. The predicted octanol–water partition coefficient (Wildman–Crippen LogP) is 9.26. The predicted molar refractivity (Wildman–Crippen MR) is 114 cm³/mol. The van der Waals surface area contributed by atoms with Crippen LogP contribution in [0.3, 0.4) is 0 Å². The fraction of sp³-hybridized carbons (Fsp3) is 0.810. The maximum absolute atomic E-state index is 3.68. The second-order valence-electron chi connectivity index (χ2n) is 3.09. The molecule has 0 N–H and O–H groups in total. The van der Waals surface area contributed by atoms with Crippen LogP contribution in [0.5, 0.6) is 0 Å². The zero-order chi connectivity index (χ0) is 12.4. The summed E-state index contributed by atoms with van der Waals surface area (Å²) in [6.07, 6.45) is 8.64. The van der Waals surface area contributed by atoms with Gasteiger partial charge in [0.05, 0.1) is 0 Å². The summed E-state index contributed by atoms with van der Waals surface area (Å²) in [6, 6.07) is 0. The summed E-state index contributed by atoms with van der Waals surface area (Å²) in [6.45, 7) is 14.9. The molecule has 0 saturated heterocycles. The molecule has 143 valence electrons. The molecule has 0 bridgehead atoms. The second kappa shape index (κ2) is 99.1. The first-order valence-electron chi connectivity index (χ1n) is 6.22. The third-order valence-corrected chi connectivity index (χ3v) is 1.69. The van der Waals surface area contributed by atoms with Crippen molar-refractivity contribution in [2.24, 2.45) is 0 Å². The molecule has 0 aromatic rings. The Morgan fingerprint density at radius 3 is 1.27 bits per heavy atom. The van der Waals surface area contributed by atoms with E-state index in [0.29, 0.717) is 0 Å². The number of hydrogen-bond donors (Lipinski definition) is 0. The van der Waals surface area contributed by atoms with Gasteiger partial charge < -0.3 is 13.8 Å². The largest absolute Gasteiger partial charge is 0.346 e. The normalized spacial score (nSPS) is 5.00. The zero-order valence-corrected chi connectivity index (χ0v) is 14.8.